The van der Waals surface area contributed by atoms with E-state index in [2.05, 4.69) is 0 Å². The Kier molecular flexibility index (Phi) is 3.79. The van der Waals surface area contributed by atoms with Crippen LogP contribution in [0.1, 0.15) is 15.9 Å². The van der Waals surface area contributed by atoms with E-state index in [1.807, 2.05) is 19.1 Å². The summed E-state index contributed by atoms with van der Waals surface area (Å²) in [5.74, 6) is -4.97. The fraction of sp³-hybridized carbons (Fsp3) is 0.133. The molecule has 0 aromatic heterocycles. The van der Waals surface area contributed by atoms with E-state index in [0.717, 1.165) is 5.56 Å². The van der Waals surface area contributed by atoms with E-state index in [1.165, 1.54) is 11.9 Å². The van der Waals surface area contributed by atoms with Crippen molar-refractivity contribution in [2.45, 2.75) is 6.92 Å². The minimum atomic E-state index is -1.58. The number of anilines is 1. The van der Waals surface area contributed by atoms with Gasteiger partial charge < -0.3 is 4.90 Å². The predicted octanol–water partition coefficient (Wildman–Crippen LogP) is 3.69. The molecule has 20 heavy (non-hydrogen) atoms. The minimum absolute atomic E-state index is 0.246. The Labute approximate surface area is 114 Å². The standard InChI is InChI=1S/C15H12F3NO/c1-9-3-5-11(6-4-9)19(2)15(20)10-7-12(16)14(18)13(17)8-10/h3-8H,1-2H3. The number of amides is 1. The number of aryl methyl sites for hydroxylation is 1. The number of rotatable bonds is 2. The van der Waals surface area contributed by atoms with Gasteiger partial charge in [0.15, 0.2) is 17.5 Å². The molecule has 0 spiro atoms. The van der Waals surface area contributed by atoms with Crippen LogP contribution in [0, 0.1) is 24.4 Å². The molecule has 0 N–H and O–H groups in total. The molecule has 0 aliphatic heterocycles. The van der Waals surface area contributed by atoms with Crippen LogP contribution >= 0.6 is 0 Å². The van der Waals surface area contributed by atoms with Gasteiger partial charge in [-0.1, -0.05) is 17.7 Å². The maximum Gasteiger partial charge on any atom is 0.258 e. The summed E-state index contributed by atoms with van der Waals surface area (Å²) in [6.07, 6.45) is 0. The third kappa shape index (κ3) is 2.66. The van der Waals surface area contributed by atoms with Crippen LogP contribution in [0.2, 0.25) is 0 Å². The first-order chi connectivity index (χ1) is 9.40. The first-order valence-electron chi connectivity index (χ1n) is 5.89. The molecule has 5 heteroatoms. The van der Waals surface area contributed by atoms with Gasteiger partial charge in [-0.05, 0) is 31.2 Å². The molecule has 0 radical (unpaired) electrons. The van der Waals surface area contributed by atoms with Crippen LogP contribution in [0.5, 0.6) is 0 Å². The van der Waals surface area contributed by atoms with E-state index in [0.29, 0.717) is 17.8 Å². The Morgan fingerprint density at radius 1 is 1.00 bits per heavy atom. The maximum atomic E-state index is 13.1. The zero-order valence-electron chi connectivity index (χ0n) is 11.0. The summed E-state index contributed by atoms with van der Waals surface area (Å²) in [6.45, 7) is 1.90. The Morgan fingerprint density at radius 3 is 2.00 bits per heavy atom. The first-order valence-corrected chi connectivity index (χ1v) is 5.89. The van der Waals surface area contributed by atoms with E-state index in [9.17, 15) is 18.0 Å². The van der Waals surface area contributed by atoms with Crippen molar-refractivity contribution in [2.75, 3.05) is 11.9 Å². The van der Waals surface area contributed by atoms with E-state index in [-0.39, 0.29) is 5.56 Å². The molecule has 0 heterocycles. The molecule has 0 unspecified atom stereocenters. The summed E-state index contributed by atoms with van der Waals surface area (Å²) in [6, 6.07) is 8.42. The summed E-state index contributed by atoms with van der Waals surface area (Å²) in [7, 11) is 1.48. The summed E-state index contributed by atoms with van der Waals surface area (Å²) < 4.78 is 39.1. The molecule has 0 atom stereocenters. The molecule has 2 aromatic carbocycles. The van der Waals surface area contributed by atoms with Crippen molar-refractivity contribution in [1.82, 2.24) is 0 Å². The largest absolute Gasteiger partial charge is 0.311 e. The molecular weight excluding hydrogens is 267 g/mol. The lowest BCUT2D eigenvalue weighted by Gasteiger charge is -2.17. The molecule has 2 nitrogen and oxygen atoms in total. The van der Waals surface area contributed by atoms with Crippen LogP contribution in [0.25, 0.3) is 0 Å². The monoisotopic (exact) mass is 279 g/mol. The van der Waals surface area contributed by atoms with Gasteiger partial charge in [-0.15, -0.1) is 0 Å². The van der Waals surface area contributed by atoms with Crippen molar-refractivity contribution in [3.63, 3.8) is 0 Å². The lowest BCUT2D eigenvalue weighted by atomic mass is 10.1. The average Bonchev–Trinajstić information content (AvgIpc) is 2.43. The Hall–Kier alpha value is -2.30. The summed E-state index contributed by atoms with van der Waals surface area (Å²) >= 11 is 0. The Morgan fingerprint density at radius 2 is 1.50 bits per heavy atom. The maximum absolute atomic E-state index is 13.1. The molecule has 0 saturated heterocycles. The van der Waals surface area contributed by atoms with Crippen LogP contribution < -0.4 is 4.90 Å². The highest BCUT2D eigenvalue weighted by Crippen LogP contribution is 2.19. The van der Waals surface area contributed by atoms with Gasteiger partial charge in [0, 0.05) is 18.3 Å². The van der Waals surface area contributed by atoms with Crippen molar-refractivity contribution in [2.24, 2.45) is 0 Å². The highest BCUT2D eigenvalue weighted by Gasteiger charge is 2.18. The lowest BCUT2D eigenvalue weighted by Crippen LogP contribution is -2.26. The fourth-order valence-corrected chi connectivity index (χ4v) is 1.76. The summed E-state index contributed by atoms with van der Waals surface area (Å²) in [5, 5.41) is 0. The highest BCUT2D eigenvalue weighted by molar-refractivity contribution is 6.05. The zero-order valence-corrected chi connectivity index (χ0v) is 11.0. The van der Waals surface area contributed by atoms with Crippen LogP contribution in [0.4, 0.5) is 18.9 Å². The van der Waals surface area contributed by atoms with Gasteiger partial charge in [-0.3, -0.25) is 4.79 Å². The minimum Gasteiger partial charge on any atom is -0.311 e. The second-order valence-electron chi connectivity index (χ2n) is 4.45. The number of carbonyl (C=O) groups excluding carboxylic acids is 1. The first kappa shape index (κ1) is 14.1. The van der Waals surface area contributed by atoms with E-state index < -0.39 is 23.4 Å². The normalized spacial score (nSPS) is 10.4. The topological polar surface area (TPSA) is 20.3 Å². The number of carbonyl (C=O) groups is 1. The molecule has 0 saturated carbocycles. The zero-order chi connectivity index (χ0) is 14.9. The third-order valence-corrected chi connectivity index (χ3v) is 2.96. The van der Waals surface area contributed by atoms with Crippen molar-refractivity contribution in [3.05, 3.63) is 65.0 Å². The van der Waals surface area contributed by atoms with Crippen LogP contribution in [0.3, 0.4) is 0 Å². The lowest BCUT2D eigenvalue weighted by molar-refractivity contribution is 0.0992. The Bertz CT molecular complexity index is 630. The van der Waals surface area contributed by atoms with Crippen molar-refractivity contribution in [3.8, 4) is 0 Å². The molecule has 1 amide bonds. The van der Waals surface area contributed by atoms with Crippen LogP contribution in [0.15, 0.2) is 36.4 Å². The number of hydrogen-bond donors (Lipinski definition) is 0. The van der Waals surface area contributed by atoms with E-state index in [1.54, 1.807) is 12.1 Å². The van der Waals surface area contributed by atoms with Gasteiger partial charge in [-0.25, -0.2) is 13.2 Å². The van der Waals surface area contributed by atoms with Crippen LogP contribution in [-0.2, 0) is 0 Å². The van der Waals surface area contributed by atoms with E-state index >= 15 is 0 Å². The molecule has 104 valence electrons. The van der Waals surface area contributed by atoms with Gasteiger partial charge in [0.05, 0.1) is 0 Å². The second kappa shape index (κ2) is 5.36. The number of nitrogens with zero attached hydrogens (tertiary/aromatic N) is 1. The Balaban J connectivity index is 2.33. The van der Waals surface area contributed by atoms with E-state index in [4.69, 9.17) is 0 Å². The third-order valence-electron chi connectivity index (χ3n) is 2.96. The highest BCUT2D eigenvalue weighted by atomic mass is 19.2. The van der Waals surface area contributed by atoms with Crippen molar-refractivity contribution in [1.29, 1.82) is 0 Å². The van der Waals surface area contributed by atoms with Gasteiger partial charge in [0.1, 0.15) is 0 Å². The van der Waals surface area contributed by atoms with Gasteiger partial charge in [-0.2, -0.15) is 0 Å². The smallest absolute Gasteiger partial charge is 0.258 e. The fourth-order valence-electron chi connectivity index (χ4n) is 1.76. The molecule has 0 aliphatic rings. The number of hydrogen-bond acceptors (Lipinski definition) is 1. The van der Waals surface area contributed by atoms with Crippen LogP contribution in [-0.4, -0.2) is 13.0 Å². The molecule has 0 bridgehead atoms. The molecule has 0 aliphatic carbocycles. The molecular formula is C15H12F3NO. The van der Waals surface area contributed by atoms with Gasteiger partial charge in [0.2, 0.25) is 0 Å². The predicted molar refractivity (Wildman–Crippen MR) is 70.2 cm³/mol. The second-order valence-corrected chi connectivity index (χ2v) is 4.45. The molecule has 2 aromatic rings. The SMILES string of the molecule is Cc1ccc(N(C)C(=O)c2cc(F)c(F)c(F)c2)cc1. The molecule has 2 rings (SSSR count). The van der Waals surface area contributed by atoms with Crippen molar-refractivity contribution < 1.29 is 18.0 Å². The quantitative estimate of drug-likeness (QED) is 0.768. The van der Waals surface area contributed by atoms with Gasteiger partial charge in [0.25, 0.3) is 5.91 Å². The summed E-state index contributed by atoms with van der Waals surface area (Å²) in [4.78, 5) is 13.4. The van der Waals surface area contributed by atoms with Crippen molar-refractivity contribution >= 4 is 11.6 Å². The van der Waals surface area contributed by atoms with Gasteiger partial charge >= 0.3 is 0 Å². The number of benzene rings is 2. The molecule has 0 fully saturated rings. The summed E-state index contributed by atoms with van der Waals surface area (Å²) in [5.41, 5.74) is 1.35. The average molecular weight is 279 g/mol. The number of halogens is 3.